The Morgan fingerprint density at radius 1 is 1.32 bits per heavy atom. The number of aliphatic hydroxyl groups excluding tert-OH is 1. The zero-order valence-electron chi connectivity index (χ0n) is 14.6. The van der Waals surface area contributed by atoms with Gasteiger partial charge in [-0.05, 0) is 42.4 Å². The molecule has 2 heterocycles. The summed E-state index contributed by atoms with van der Waals surface area (Å²) in [6.07, 6.45) is 1.45. The first-order valence-corrected chi connectivity index (χ1v) is 9.44. The molecule has 0 spiro atoms. The largest absolute Gasteiger partial charge is 0.433 e. The standard InChI is InChI=1S/C17H16N4O6S/c1-9-15-13(10(8-22)7-19-9)6-14(17(21-24)27-15)16(23)20-11-2-4-12(5-3-11)28(18,25)26/h2-7,22,24H,8H2,1H3,(H,20,23)(H2,18,25,26)/b21-17-. The van der Waals surface area contributed by atoms with Crippen LogP contribution in [0.3, 0.4) is 0 Å². The number of nitrogens with zero attached hydrogens (tertiary/aromatic N) is 2. The van der Waals surface area contributed by atoms with Crippen molar-refractivity contribution in [2.75, 3.05) is 5.32 Å². The highest BCUT2D eigenvalue weighted by molar-refractivity contribution is 7.89. The molecule has 0 aliphatic heterocycles. The van der Waals surface area contributed by atoms with Crippen LogP contribution in [-0.2, 0) is 16.6 Å². The molecule has 1 amide bonds. The fourth-order valence-corrected chi connectivity index (χ4v) is 3.09. The Balaban J connectivity index is 2.04. The van der Waals surface area contributed by atoms with Crippen molar-refractivity contribution in [3.63, 3.8) is 0 Å². The summed E-state index contributed by atoms with van der Waals surface area (Å²) in [6, 6.07) is 6.62. The molecule has 0 saturated heterocycles. The van der Waals surface area contributed by atoms with Crippen molar-refractivity contribution in [2.24, 2.45) is 10.3 Å². The van der Waals surface area contributed by atoms with Crippen LogP contribution < -0.4 is 16.0 Å². The van der Waals surface area contributed by atoms with Crippen molar-refractivity contribution in [2.45, 2.75) is 18.4 Å². The first-order chi connectivity index (χ1) is 13.2. The van der Waals surface area contributed by atoms with Gasteiger partial charge in [-0.3, -0.25) is 9.78 Å². The van der Waals surface area contributed by atoms with Crippen LogP contribution in [0.15, 0.2) is 51.0 Å². The predicted octanol–water partition coefficient (Wildman–Crippen LogP) is 0.818. The highest BCUT2D eigenvalue weighted by atomic mass is 32.2. The molecule has 0 aliphatic carbocycles. The van der Waals surface area contributed by atoms with Gasteiger partial charge in [0, 0.05) is 22.8 Å². The molecule has 0 aliphatic rings. The van der Waals surface area contributed by atoms with E-state index >= 15 is 0 Å². The van der Waals surface area contributed by atoms with Crippen molar-refractivity contribution in [1.29, 1.82) is 0 Å². The van der Waals surface area contributed by atoms with Crippen LogP contribution in [0.4, 0.5) is 5.69 Å². The number of pyridine rings is 1. The second-order valence-electron chi connectivity index (χ2n) is 5.86. The lowest BCUT2D eigenvalue weighted by Crippen LogP contribution is -2.22. The van der Waals surface area contributed by atoms with Crippen molar-refractivity contribution >= 4 is 32.6 Å². The first kappa shape index (κ1) is 19.5. The highest BCUT2D eigenvalue weighted by Gasteiger charge is 2.17. The number of primary sulfonamides is 1. The molecule has 28 heavy (non-hydrogen) atoms. The van der Waals surface area contributed by atoms with Gasteiger partial charge in [-0.2, -0.15) is 0 Å². The number of benzene rings is 1. The van der Waals surface area contributed by atoms with Crippen LogP contribution in [-0.4, -0.2) is 29.6 Å². The topological polar surface area (TPSA) is 168 Å². The van der Waals surface area contributed by atoms with Crippen molar-refractivity contribution in [1.82, 2.24) is 4.98 Å². The van der Waals surface area contributed by atoms with Crippen LogP contribution in [0.5, 0.6) is 0 Å². The van der Waals surface area contributed by atoms with E-state index in [1.807, 2.05) is 0 Å². The van der Waals surface area contributed by atoms with Crippen molar-refractivity contribution in [3.8, 4) is 0 Å². The summed E-state index contributed by atoms with van der Waals surface area (Å²) < 4.78 is 28.1. The number of hydrogen-bond donors (Lipinski definition) is 4. The first-order valence-electron chi connectivity index (χ1n) is 7.90. The minimum Gasteiger partial charge on any atom is -0.433 e. The number of anilines is 1. The number of carbonyl (C=O) groups excluding carboxylic acids is 1. The SMILES string of the molecule is Cc1ncc(CO)c2cc(C(=O)Nc3ccc(S(N)(=O)=O)cc3)/c(=N/O)oc12. The van der Waals surface area contributed by atoms with E-state index in [1.165, 1.54) is 36.5 Å². The Bertz CT molecular complexity index is 1230. The fourth-order valence-electron chi connectivity index (χ4n) is 2.58. The summed E-state index contributed by atoms with van der Waals surface area (Å²) >= 11 is 0. The van der Waals surface area contributed by atoms with Gasteiger partial charge in [-0.25, -0.2) is 13.6 Å². The molecule has 10 nitrogen and oxygen atoms in total. The van der Waals surface area contributed by atoms with E-state index in [2.05, 4.69) is 15.5 Å². The third-order valence-corrected chi connectivity index (χ3v) is 4.93. The molecule has 0 radical (unpaired) electrons. The van der Waals surface area contributed by atoms with Gasteiger partial charge >= 0.3 is 0 Å². The molecule has 0 bridgehead atoms. The molecule has 0 fully saturated rings. The van der Waals surface area contributed by atoms with E-state index in [0.29, 0.717) is 16.6 Å². The maximum absolute atomic E-state index is 12.6. The number of nitrogens with one attached hydrogen (secondary N) is 1. The highest BCUT2D eigenvalue weighted by Crippen LogP contribution is 2.21. The lowest BCUT2D eigenvalue weighted by Gasteiger charge is -2.09. The van der Waals surface area contributed by atoms with Crippen LogP contribution in [0.25, 0.3) is 11.0 Å². The Morgan fingerprint density at radius 3 is 2.57 bits per heavy atom. The number of hydrogen-bond acceptors (Lipinski definition) is 8. The maximum atomic E-state index is 12.6. The summed E-state index contributed by atoms with van der Waals surface area (Å²) in [4.78, 5) is 16.6. The van der Waals surface area contributed by atoms with Gasteiger partial charge < -0.3 is 20.0 Å². The Kier molecular flexibility index (Phi) is 5.14. The Morgan fingerprint density at radius 2 is 2.00 bits per heavy atom. The van der Waals surface area contributed by atoms with Gasteiger partial charge in [-0.15, -0.1) is 0 Å². The summed E-state index contributed by atoms with van der Waals surface area (Å²) in [5.41, 5.74) is 1.04. The van der Waals surface area contributed by atoms with Gasteiger partial charge in [0.25, 0.3) is 11.5 Å². The molecule has 1 aromatic carbocycles. The minimum atomic E-state index is -3.85. The minimum absolute atomic E-state index is 0.0918. The molecule has 3 rings (SSSR count). The van der Waals surface area contributed by atoms with Crippen molar-refractivity contribution in [3.05, 3.63) is 58.9 Å². The molecule has 0 saturated carbocycles. The molecule has 11 heteroatoms. The molecular weight excluding hydrogens is 388 g/mol. The molecular formula is C17H16N4O6S. The fraction of sp³-hybridized carbons (Fsp3) is 0.118. The maximum Gasteiger partial charge on any atom is 0.268 e. The van der Waals surface area contributed by atoms with E-state index < -0.39 is 15.9 Å². The number of rotatable bonds is 4. The molecule has 3 aromatic rings. The molecule has 2 aromatic heterocycles. The van der Waals surface area contributed by atoms with Gasteiger partial charge in [0.2, 0.25) is 10.0 Å². The van der Waals surface area contributed by atoms with E-state index in [4.69, 9.17) is 9.56 Å². The van der Waals surface area contributed by atoms with E-state index in [0.717, 1.165) is 0 Å². The summed E-state index contributed by atoms with van der Waals surface area (Å²) in [5, 5.41) is 29.8. The van der Waals surface area contributed by atoms with Crippen LogP contribution in [0.2, 0.25) is 0 Å². The lowest BCUT2D eigenvalue weighted by molar-refractivity contribution is 0.102. The summed E-state index contributed by atoms with van der Waals surface area (Å²) in [7, 11) is -3.85. The summed E-state index contributed by atoms with van der Waals surface area (Å²) in [5.74, 6) is -0.667. The Labute approximate surface area is 159 Å². The Hall–Kier alpha value is -3.28. The van der Waals surface area contributed by atoms with E-state index in [-0.39, 0.29) is 33.9 Å². The van der Waals surface area contributed by atoms with E-state index in [9.17, 15) is 23.5 Å². The zero-order valence-corrected chi connectivity index (χ0v) is 15.4. The lowest BCUT2D eigenvalue weighted by atomic mass is 10.1. The smallest absolute Gasteiger partial charge is 0.268 e. The van der Waals surface area contributed by atoms with Gasteiger partial charge in [0.05, 0.1) is 17.2 Å². The predicted molar refractivity (Wildman–Crippen MR) is 97.8 cm³/mol. The number of aliphatic hydroxyl groups is 1. The van der Waals surface area contributed by atoms with E-state index in [1.54, 1.807) is 6.92 Å². The number of fused-ring (bicyclic) bond motifs is 1. The van der Waals surface area contributed by atoms with Gasteiger partial charge in [-0.1, -0.05) is 0 Å². The van der Waals surface area contributed by atoms with Gasteiger partial charge in [0.15, 0.2) is 5.58 Å². The normalized spacial score (nSPS) is 12.3. The van der Waals surface area contributed by atoms with Gasteiger partial charge in [0.1, 0.15) is 5.56 Å². The van der Waals surface area contributed by atoms with Crippen LogP contribution in [0, 0.1) is 6.92 Å². The number of aromatic nitrogens is 1. The zero-order chi connectivity index (χ0) is 20.5. The molecule has 0 unspecified atom stereocenters. The quantitative estimate of drug-likeness (QED) is 0.368. The number of carbonyl (C=O) groups is 1. The second-order valence-corrected chi connectivity index (χ2v) is 7.42. The summed E-state index contributed by atoms with van der Waals surface area (Å²) in [6.45, 7) is 1.34. The number of amides is 1. The number of aryl methyl sites for hydroxylation is 1. The average Bonchev–Trinajstić information content (AvgIpc) is 2.67. The van der Waals surface area contributed by atoms with Crippen LogP contribution in [0.1, 0.15) is 21.6 Å². The third kappa shape index (κ3) is 3.71. The number of nitrogens with two attached hydrogens (primary N) is 1. The second kappa shape index (κ2) is 7.38. The molecule has 146 valence electrons. The van der Waals surface area contributed by atoms with Crippen molar-refractivity contribution < 1.29 is 27.9 Å². The number of sulfonamides is 1. The average molecular weight is 404 g/mol. The monoisotopic (exact) mass is 404 g/mol. The molecule has 5 N–H and O–H groups in total. The molecule has 0 atom stereocenters. The third-order valence-electron chi connectivity index (χ3n) is 4.00. The van der Waals surface area contributed by atoms with Crippen LogP contribution >= 0.6 is 0 Å².